The van der Waals surface area contributed by atoms with E-state index in [2.05, 4.69) is 16.3 Å². The molecule has 3 heterocycles. The van der Waals surface area contributed by atoms with Crippen molar-refractivity contribution in [1.82, 2.24) is 14.4 Å². The predicted octanol–water partition coefficient (Wildman–Crippen LogP) is 3.83. The third kappa shape index (κ3) is 5.11. The van der Waals surface area contributed by atoms with E-state index in [1.807, 2.05) is 53.1 Å². The molecular weight excluding hydrogens is 478 g/mol. The average Bonchev–Trinajstić information content (AvgIpc) is 3.20. The summed E-state index contributed by atoms with van der Waals surface area (Å²) in [6.07, 6.45) is 0.906. The van der Waals surface area contributed by atoms with Crippen molar-refractivity contribution >= 4 is 29.2 Å². The number of ether oxygens (including phenoxy) is 1. The molecule has 9 heteroatoms. The Balaban J connectivity index is 1.30. The summed E-state index contributed by atoms with van der Waals surface area (Å²) in [6, 6.07) is 17.4. The van der Waals surface area contributed by atoms with E-state index in [-0.39, 0.29) is 18.1 Å². The maximum Gasteiger partial charge on any atom is 0.322 e. The number of rotatable bonds is 6. The largest absolute Gasteiger partial charge is 0.379 e. The van der Waals surface area contributed by atoms with Gasteiger partial charge in [0.1, 0.15) is 0 Å². The van der Waals surface area contributed by atoms with Gasteiger partial charge in [-0.05, 0) is 29.7 Å². The summed E-state index contributed by atoms with van der Waals surface area (Å²) in [7, 11) is 0. The Morgan fingerprint density at radius 2 is 1.78 bits per heavy atom. The number of urea groups is 1. The molecule has 0 saturated carbocycles. The number of nitrogens with two attached hydrogens (primary N) is 1. The number of hydrogen-bond donors (Lipinski definition) is 2. The molecule has 0 spiro atoms. The molecule has 0 unspecified atom stereocenters. The van der Waals surface area contributed by atoms with Gasteiger partial charge in [-0.15, -0.1) is 0 Å². The molecule has 2 aliphatic heterocycles. The normalized spacial score (nSPS) is 16.0. The quantitative estimate of drug-likeness (QED) is 0.530. The van der Waals surface area contributed by atoms with Crippen molar-refractivity contribution < 1.29 is 14.3 Å². The van der Waals surface area contributed by atoms with Gasteiger partial charge in [-0.2, -0.15) is 0 Å². The van der Waals surface area contributed by atoms with Crippen LogP contribution in [0.25, 0.3) is 11.3 Å². The fraction of sp³-hybridized carbons (Fsp3) is 0.333. The van der Waals surface area contributed by atoms with Gasteiger partial charge in [-0.25, -0.2) is 4.79 Å². The zero-order valence-electron chi connectivity index (χ0n) is 20.1. The molecular formula is C27H30ClN5O3. The third-order valence-corrected chi connectivity index (χ3v) is 7.19. The fourth-order valence-corrected chi connectivity index (χ4v) is 5.36. The number of primary amides is 1. The number of benzene rings is 2. The summed E-state index contributed by atoms with van der Waals surface area (Å²) in [5, 5.41) is 3.35. The summed E-state index contributed by atoms with van der Waals surface area (Å²) in [6.45, 7) is 5.68. The SMILES string of the molecule is NC(=O)c1c(Cl)c(-c2ccccc2)n2c1CN(C(=O)Nc1cccc(CCN3CCOCC3)c1)CC2. The molecule has 1 saturated heterocycles. The second kappa shape index (κ2) is 10.7. The highest BCUT2D eigenvalue weighted by Gasteiger charge is 2.31. The molecule has 0 aliphatic carbocycles. The van der Waals surface area contributed by atoms with E-state index in [1.165, 1.54) is 5.56 Å². The van der Waals surface area contributed by atoms with E-state index >= 15 is 0 Å². The number of aromatic nitrogens is 1. The molecule has 0 bridgehead atoms. The van der Waals surface area contributed by atoms with Crippen molar-refractivity contribution in [3.05, 3.63) is 76.4 Å². The lowest BCUT2D eigenvalue weighted by Crippen LogP contribution is -2.41. The Labute approximate surface area is 215 Å². The van der Waals surface area contributed by atoms with Crippen molar-refractivity contribution in [2.75, 3.05) is 44.7 Å². The van der Waals surface area contributed by atoms with Crippen molar-refractivity contribution in [2.24, 2.45) is 5.73 Å². The molecule has 8 nitrogen and oxygen atoms in total. The summed E-state index contributed by atoms with van der Waals surface area (Å²) in [4.78, 5) is 29.6. The first-order chi connectivity index (χ1) is 17.5. The highest BCUT2D eigenvalue weighted by atomic mass is 35.5. The van der Waals surface area contributed by atoms with Gasteiger partial charge in [0.2, 0.25) is 0 Å². The van der Waals surface area contributed by atoms with Crippen molar-refractivity contribution in [2.45, 2.75) is 19.5 Å². The summed E-state index contributed by atoms with van der Waals surface area (Å²) < 4.78 is 7.42. The number of morpholine rings is 1. The maximum atomic E-state index is 13.2. The van der Waals surface area contributed by atoms with E-state index in [4.69, 9.17) is 22.1 Å². The average molecular weight is 508 g/mol. The van der Waals surface area contributed by atoms with Crippen LogP contribution in [-0.4, -0.2) is 65.7 Å². The fourth-order valence-electron chi connectivity index (χ4n) is 4.95. The van der Waals surface area contributed by atoms with Gasteiger partial charge in [-0.3, -0.25) is 9.69 Å². The minimum atomic E-state index is -0.596. The Hall–Kier alpha value is -3.33. The number of amides is 3. The Bertz CT molecular complexity index is 1250. The van der Waals surface area contributed by atoms with Crippen LogP contribution < -0.4 is 11.1 Å². The summed E-state index contributed by atoms with van der Waals surface area (Å²) in [5.74, 6) is -0.596. The lowest BCUT2D eigenvalue weighted by Gasteiger charge is -2.30. The zero-order chi connectivity index (χ0) is 25.1. The van der Waals surface area contributed by atoms with Gasteiger partial charge in [0, 0.05) is 38.4 Å². The van der Waals surface area contributed by atoms with Crippen molar-refractivity contribution in [3.8, 4) is 11.3 Å². The van der Waals surface area contributed by atoms with E-state index in [9.17, 15) is 9.59 Å². The maximum absolute atomic E-state index is 13.2. The van der Waals surface area contributed by atoms with E-state index in [0.29, 0.717) is 23.8 Å². The van der Waals surface area contributed by atoms with Gasteiger partial charge < -0.3 is 25.3 Å². The molecule has 3 amide bonds. The lowest BCUT2D eigenvalue weighted by molar-refractivity contribution is 0.0384. The summed E-state index contributed by atoms with van der Waals surface area (Å²) in [5.41, 5.74) is 10.2. The second-order valence-electron chi connectivity index (χ2n) is 9.12. The number of fused-ring (bicyclic) bond motifs is 1. The highest BCUT2D eigenvalue weighted by molar-refractivity contribution is 6.36. The van der Waals surface area contributed by atoms with Gasteiger partial charge in [0.15, 0.2) is 0 Å². The van der Waals surface area contributed by atoms with E-state index in [1.54, 1.807) is 4.90 Å². The van der Waals surface area contributed by atoms with Crippen LogP contribution in [0.1, 0.15) is 21.6 Å². The smallest absolute Gasteiger partial charge is 0.322 e. The van der Waals surface area contributed by atoms with Crippen LogP contribution in [0.4, 0.5) is 10.5 Å². The molecule has 1 aromatic heterocycles. The Morgan fingerprint density at radius 3 is 2.53 bits per heavy atom. The minimum absolute atomic E-state index is 0.222. The molecule has 1 fully saturated rings. The monoisotopic (exact) mass is 507 g/mol. The number of hydrogen-bond acceptors (Lipinski definition) is 4. The Morgan fingerprint density at radius 1 is 1.00 bits per heavy atom. The lowest BCUT2D eigenvalue weighted by atomic mass is 10.1. The van der Waals surface area contributed by atoms with Crippen LogP contribution in [0.5, 0.6) is 0 Å². The number of carbonyl (C=O) groups excluding carboxylic acids is 2. The predicted molar refractivity (Wildman–Crippen MR) is 140 cm³/mol. The Kier molecular flexibility index (Phi) is 7.27. The first kappa shape index (κ1) is 24.4. The van der Waals surface area contributed by atoms with Gasteiger partial charge in [0.05, 0.1) is 41.7 Å². The van der Waals surface area contributed by atoms with Crippen molar-refractivity contribution in [3.63, 3.8) is 0 Å². The minimum Gasteiger partial charge on any atom is -0.379 e. The van der Waals surface area contributed by atoms with Crippen LogP contribution in [-0.2, 0) is 24.2 Å². The van der Waals surface area contributed by atoms with Crippen LogP contribution in [0.2, 0.25) is 5.02 Å². The molecule has 188 valence electrons. The second-order valence-corrected chi connectivity index (χ2v) is 9.50. The van der Waals surface area contributed by atoms with Crippen LogP contribution >= 0.6 is 11.6 Å². The van der Waals surface area contributed by atoms with Gasteiger partial charge in [-0.1, -0.05) is 54.1 Å². The summed E-state index contributed by atoms with van der Waals surface area (Å²) >= 11 is 6.66. The molecule has 2 aliphatic rings. The molecule has 36 heavy (non-hydrogen) atoms. The number of halogens is 1. The van der Waals surface area contributed by atoms with Crippen LogP contribution in [0, 0.1) is 0 Å². The standard InChI is InChI=1S/C27H30ClN5O3/c28-24-23(26(29)34)22-18-32(11-12-33(22)25(24)20-6-2-1-3-7-20)27(35)30-21-8-4-5-19(17-21)9-10-31-13-15-36-16-14-31/h1-8,17H,9-16,18H2,(H2,29,34)(H,30,35). The number of carbonyl (C=O) groups is 2. The molecule has 2 aromatic carbocycles. The van der Waals surface area contributed by atoms with Crippen LogP contribution in [0.15, 0.2) is 54.6 Å². The van der Waals surface area contributed by atoms with Crippen molar-refractivity contribution in [1.29, 1.82) is 0 Å². The first-order valence-corrected chi connectivity index (χ1v) is 12.6. The topological polar surface area (TPSA) is 92.8 Å². The first-order valence-electron chi connectivity index (χ1n) is 12.2. The van der Waals surface area contributed by atoms with E-state index < -0.39 is 5.91 Å². The van der Waals surface area contributed by atoms with Gasteiger partial charge >= 0.3 is 6.03 Å². The molecule has 5 rings (SSSR count). The van der Waals surface area contributed by atoms with Crippen LogP contribution in [0.3, 0.4) is 0 Å². The highest BCUT2D eigenvalue weighted by Crippen LogP contribution is 2.37. The van der Waals surface area contributed by atoms with E-state index in [0.717, 1.165) is 56.2 Å². The van der Waals surface area contributed by atoms with Gasteiger partial charge in [0.25, 0.3) is 5.91 Å². The number of nitrogens with zero attached hydrogens (tertiary/aromatic N) is 3. The third-order valence-electron chi connectivity index (χ3n) is 6.83. The molecule has 0 radical (unpaired) electrons. The number of nitrogens with one attached hydrogen (secondary N) is 1. The number of anilines is 1. The zero-order valence-corrected chi connectivity index (χ0v) is 20.8. The molecule has 3 aromatic rings. The molecule has 3 N–H and O–H groups in total. The molecule has 0 atom stereocenters.